The van der Waals surface area contributed by atoms with Gasteiger partial charge in [-0.15, -0.1) is 0 Å². The topological polar surface area (TPSA) is 76.5 Å². The van der Waals surface area contributed by atoms with Gasteiger partial charge in [-0.25, -0.2) is 0 Å². The Kier molecular flexibility index (Phi) is 6.21. The van der Waals surface area contributed by atoms with Gasteiger partial charge in [0.05, 0.1) is 30.8 Å². The first-order valence-corrected chi connectivity index (χ1v) is 8.85. The summed E-state index contributed by atoms with van der Waals surface area (Å²) in [5, 5.41) is 7.44. The van der Waals surface area contributed by atoms with Gasteiger partial charge in [-0.1, -0.05) is 0 Å². The van der Waals surface area contributed by atoms with E-state index in [1.54, 1.807) is 18.9 Å². The molecule has 1 aromatic heterocycles. The van der Waals surface area contributed by atoms with E-state index in [-0.39, 0.29) is 18.2 Å². The maximum absolute atomic E-state index is 12.5. The molecule has 1 aliphatic rings. The molecule has 25 heavy (non-hydrogen) atoms. The van der Waals surface area contributed by atoms with Gasteiger partial charge in [0.15, 0.2) is 0 Å². The van der Waals surface area contributed by atoms with E-state index in [1.807, 2.05) is 18.5 Å². The van der Waals surface area contributed by atoms with Crippen LogP contribution in [0.1, 0.15) is 43.1 Å². The van der Waals surface area contributed by atoms with E-state index in [1.165, 1.54) is 5.56 Å². The van der Waals surface area contributed by atoms with E-state index in [4.69, 9.17) is 4.74 Å². The average molecular weight is 350 g/mol. The number of carbonyl (C=O) groups is 2. The zero-order valence-corrected chi connectivity index (χ0v) is 16.0. The molecule has 1 aromatic rings. The summed E-state index contributed by atoms with van der Waals surface area (Å²) in [4.78, 5) is 26.2. The van der Waals surface area contributed by atoms with Gasteiger partial charge >= 0.3 is 0 Å². The summed E-state index contributed by atoms with van der Waals surface area (Å²) in [5.41, 5.74) is 2.82. The van der Waals surface area contributed by atoms with Crippen LogP contribution in [0.25, 0.3) is 0 Å². The zero-order valence-electron chi connectivity index (χ0n) is 16.0. The smallest absolute Gasteiger partial charge is 0.222 e. The Morgan fingerprint density at radius 2 is 2.04 bits per heavy atom. The van der Waals surface area contributed by atoms with Gasteiger partial charge in [0.1, 0.15) is 0 Å². The van der Waals surface area contributed by atoms with Crippen molar-refractivity contribution in [2.75, 3.05) is 26.8 Å². The molecule has 7 nitrogen and oxygen atoms in total. The molecule has 1 N–H and O–H groups in total. The van der Waals surface area contributed by atoms with Crippen molar-refractivity contribution < 1.29 is 14.3 Å². The molecule has 0 spiro atoms. The first-order valence-electron chi connectivity index (χ1n) is 8.85. The average Bonchev–Trinajstić information content (AvgIpc) is 3.05. The van der Waals surface area contributed by atoms with Crippen LogP contribution >= 0.6 is 0 Å². The van der Waals surface area contributed by atoms with Crippen LogP contribution in [0.3, 0.4) is 0 Å². The summed E-state index contributed by atoms with van der Waals surface area (Å²) in [6.45, 7) is 9.86. The highest BCUT2D eigenvalue weighted by Crippen LogP contribution is 2.33. The fourth-order valence-corrected chi connectivity index (χ4v) is 3.75. The fraction of sp³-hybridized carbons (Fsp3) is 0.722. The molecule has 7 heteroatoms. The Bertz CT molecular complexity index is 641. The van der Waals surface area contributed by atoms with E-state index in [0.29, 0.717) is 26.2 Å². The molecular formula is C18H30N4O3. The highest BCUT2D eigenvalue weighted by atomic mass is 16.5. The maximum atomic E-state index is 12.5. The Morgan fingerprint density at radius 3 is 2.60 bits per heavy atom. The molecule has 140 valence electrons. The maximum Gasteiger partial charge on any atom is 0.222 e. The number of aryl methyl sites for hydroxylation is 1. The number of hydrogen-bond donors (Lipinski definition) is 1. The molecule has 1 aliphatic heterocycles. The minimum absolute atomic E-state index is 0.000432. The molecule has 0 radical (unpaired) electrons. The summed E-state index contributed by atoms with van der Waals surface area (Å²) in [7, 11) is 1.61. The molecule has 1 saturated heterocycles. The second kappa shape index (κ2) is 7.99. The lowest BCUT2D eigenvalue weighted by molar-refractivity contribution is -0.137. The minimum atomic E-state index is -0.514. The molecule has 0 aliphatic carbocycles. The second-order valence-electron chi connectivity index (χ2n) is 6.98. The Balaban J connectivity index is 1.93. The Morgan fingerprint density at radius 1 is 1.32 bits per heavy atom. The third-order valence-electron chi connectivity index (χ3n) is 5.27. The van der Waals surface area contributed by atoms with Crippen molar-refractivity contribution in [1.82, 2.24) is 20.0 Å². The molecule has 2 rings (SSSR count). The van der Waals surface area contributed by atoms with Crippen LogP contribution in [0, 0.1) is 20.8 Å². The van der Waals surface area contributed by atoms with Gasteiger partial charge in [-0.3, -0.25) is 14.3 Å². The number of nitrogens with one attached hydrogen (secondary N) is 1. The number of aromatic nitrogens is 2. The molecule has 0 unspecified atom stereocenters. The van der Waals surface area contributed by atoms with E-state index >= 15 is 0 Å². The van der Waals surface area contributed by atoms with Crippen LogP contribution < -0.4 is 5.32 Å². The van der Waals surface area contributed by atoms with Crippen molar-refractivity contribution in [3.05, 3.63) is 17.0 Å². The number of methoxy groups -OCH3 is 1. The fourth-order valence-electron chi connectivity index (χ4n) is 3.75. The number of likely N-dealkylation sites (tertiary alicyclic amines) is 1. The first-order chi connectivity index (χ1) is 11.8. The molecule has 2 heterocycles. The number of carbonyl (C=O) groups excluding carboxylic acids is 2. The number of nitrogens with zero attached hydrogens (tertiary/aromatic N) is 3. The standard InChI is InChI=1S/C18H30N4O3/c1-13-14(2)20-22(15(13)3)10-8-19-17(24)11-18(12-25-5)7-6-9-21(18)16(4)23/h6-12H2,1-5H3,(H,19,24)/t18-/m0/s1. The van der Waals surface area contributed by atoms with Crippen molar-refractivity contribution in [3.8, 4) is 0 Å². The lowest BCUT2D eigenvalue weighted by atomic mass is 9.92. The number of hydrogen-bond acceptors (Lipinski definition) is 4. The lowest BCUT2D eigenvalue weighted by Gasteiger charge is -2.37. The van der Waals surface area contributed by atoms with Crippen LogP contribution in [0.4, 0.5) is 0 Å². The largest absolute Gasteiger partial charge is 0.382 e. The molecule has 2 amide bonds. The van der Waals surface area contributed by atoms with Gasteiger partial charge in [-0.05, 0) is 39.2 Å². The number of ether oxygens (including phenoxy) is 1. The molecule has 0 saturated carbocycles. The quantitative estimate of drug-likeness (QED) is 0.805. The first kappa shape index (κ1) is 19.4. The summed E-state index contributed by atoms with van der Waals surface area (Å²) >= 11 is 0. The summed E-state index contributed by atoms with van der Waals surface area (Å²) < 4.78 is 7.25. The summed E-state index contributed by atoms with van der Waals surface area (Å²) in [6, 6.07) is 0. The highest BCUT2D eigenvalue weighted by molar-refractivity contribution is 5.80. The third-order valence-corrected chi connectivity index (χ3v) is 5.27. The van der Waals surface area contributed by atoms with Crippen molar-refractivity contribution in [2.45, 2.75) is 59.0 Å². The second-order valence-corrected chi connectivity index (χ2v) is 6.98. The molecule has 1 atom stereocenters. The van der Waals surface area contributed by atoms with E-state index in [2.05, 4.69) is 17.3 Å². The lowest BCUT2D eigenvalue weighted by Crippen LogP contribution is -2.52. The Hall–Kier alpha value is -1.89. The molecule has 0 bridgehead atoms. The van der Waals surface area contributed by atoms with Crippen LogP contribution in [-0.4, -0.2) is 58.8 Å². The van der Waals surface area contributed by atoms with Crippen LogP contribution in [0.2, 0.25) is 0 Å². The predicted molar refractivity (Wildman–Crippen MR) is 95.3 cm³/mol. The molecule has 1 fully saturated rings. The van der Waals surface area contributed by atoms with E-state index in [9.17, 15) is 9.59 Å². The van der Waals surface area contributed by atoms with E-state index in [0.717, 1.165) is 24.2 Å². The van der Waals surface area contributed by atoms with Crippen LogP contribution in [0.5, 0.6) is 0 Å². The minimum Gasteiger partial charge on any atom is -0.382 e. The van der Waals surface area contributed by atoms with Gasteiger partial charge < -0.3 is 15.0 Å². The van der Waals surface area contributed by atoms with Crippen molar-refractivity contribution in [1.29, 1.82) is 0 Å². The SMILES string of the molecule is COC[C@@]1(CC(=O)NCCn2nc(C)c(C)c2C)CCCN1C(C)=O. The van der Waals surface area contributed by atoms with Gasteiger partial charge in [-0.2, -0.15) is 5.10 Å². The van der Waals surface area contributed by atoms with Crippen molar-refractivity contribution in [2.24, 2.45) is 0 Å². The Labute approximate surface area is 149 Å². The van der Waals surface area contributed by atoms with Gasteiger partial charge in [0, 0.05) is 32.8 Å². The van der Waals surface area contributed by atoms with E-state index < -0.39 is 5.54 Å². The van der Waals surface area contributed by atoms with Crippen LogP contribution in [0.15, 0.2) is 0 Å². The summed E-state index contributed by atoms with van der Waals surface area (Å²) in [6.07, 6.45) is 1.97. The van der Waals surface area contributed by atoms with Gasteiger partial charge in [0.25, 0.3) is 0 Å². The summed E-state index contributed by atoms with van der Waals surface area (Å²) in [5.74, 6) is -0.0519. The monoisotopic (exact) mass is 350 g/mol. The predicted octanol–water partition coefficient (Wildman–Crippen LogP) is 1.34. The zero-order chi connectivity index (χ0) is 18.6. The normalized spacial score (nSPS) is 20.1. The van der Waals surface area contributed by atoms with Gasteiger partial charge in [0.2, 0.25) is 11.8 Å². The molecule has 0 aromatic carbocycles. The third kappa shape index (κ3) is 4.21. The van der Waals surface area contributed by atoms with Crippen molar-refractivity contribution in [3.63, 3.8) is 0 Å². The van der Waals surface area contributed by atoms with Crippen molar-refractivity contribution >= 4 is 11.8 Å². The molecular weight excluding hydrogens is 320 g/mol. The highest BCUT2D eigenvalue weighted by Gasteiger charge is 2.44. The number of rotatable bonds is 7. The number of amides is 2. The van der Waals surface area contributed by atoms with Crippen LogP contribution in [-0.2, 0) is 20.9 Å².